The molecule has 0 amide bonds. The van der Waals surface area contributed by atoms with E-state index < -0.39 is 10.1 Å². The Bertz CT molecular complexity index is 859. The van der Waals surface area contributed by atoms with E-state index in [2.05, 4.69) is 0 Å². The van der Waals surface area contributed by atoms with Crippen molar-refractivity contribution in [3.8, 4) is 0 Å². The Labute approximate surface area is 127 Å². The van der Waals surface area contributed by atoms with Crippen molar-refractivity contribution in [2.24, 2.45) is 13.0 Å². The lowest BCUT2D eigenvalue weighted by Crippen LogP contribution is -2.28. The van der Waals surface area contributed by atoms with Crippen LogP contribution >= 0.6 is 0 Å². The quantitative estimate of drug-likeness (QED) is 0.850. The first kappa shape index (κ1) is 15.3. The number of hydrogen-bond acceptors (Lipinski definition) is 4. The molecule has 0 radical (unpaired) electrons. The van der Waals surface area contributed by atoms with Gasteiger partial charge in [0.15, 0.2) is 0 Å². The number of imidazole rings is 1. The minimum atomic E-state index is -4.29. The summed E-state index contributed by atoms with van der Waals surface area (Å²) < 4.78 is 40.2. The van der Waals surface area contributed by atoms with Gasteiger partial charge in [-0.25, -0.2) is 4.79 Å². The van der Waals surface area contributed by atoms with Crippen LogP contribution in [0.3, 0.4) is 0 Å². The molecule has 1 aromatic carbocycles. The van der Waals surface area contributed by atoms with Gasteiger partial charge in [-0.05, 0) is 37.0 Å². The summed E-state index contributed by atoms with van der Waals surface area (Å²) in [7, 11) is -2.64. The van der Waals surface area contributed by atoms with Gasteiger partial charge >= 0.3 is 5.69 Å². The van der Waals surface area contributed by atoms with E-state index in [0.717, 1.165) is 12.8 Å². The van der Waals surface area contributed by atoms with Gasteiger partial charge in [-0.3, -0.25) is 13.7 Å². The van der Waals surface area contributed by atoms with Gasteiger partial charge in [0, 0.05) is 26.8 Å². The molecule has 0 saturated carbocycles. The first-order valence-corrected chi connectivity index (χ1v) is 8.56. The highest BCUT2D eigenvalue weighted by molar-refractivity contribution is 7.85. The molecule has 1 fully saturated rings. The zero-order valence-corrected chi connectivity index (χ0v) is 13.0. The van der Waals surface area contributed by atoms with Crippen molar-refractivity contribution in [2.75, 3.05) is 13.2 Å². The maximum absolute atomic E-state index is 12.4. The van der Waals surface area contributed by atoms with E-state index in [4.69, 9.17) is 4.74 Å². The third-order valence-corrected chi connectivity index (χ3v) is 5.05. The van der Waals surface area contributed by atoms with E-state index in [9.17, 15) is 17.8 Å². The summed E-state index contributed by atoms with van der Waals surface area (Å²) >= 11 is 0. The van der Waals surface area contributed by atoms with Gasteiger partial charge in [-0.1, -0.05) is 0 Å². The summed E-state index contributed by atoms with van der Waals surface area (Å²) in [6.07, 6.45) is 1.75. The molecule has 22 heavy (non-hydrogen) atoms. The first-order valence-electron chi connectivity index (χ1n) is 7.12. The molecule has 0 unspecified atom stereocenters. The van der Waals surface area contributed by atoms with Crippen molar-refractivity contribution in [3.63, 3.8) is 0 Å². The molecule has 0 aliphatic carbocycles. The van der Waals surface area contributed by atoms with Crippen molar-refractivity contribution in [3.05, 3.63) is 28.7 Å². The number of hydrogen-bond donors (Lipinski definition) is 1. The fraction of sp³-hybridized carbons (Fsp3) is 0.500. The summed E-state index contributed by atoms with van der Waals surface area (Å²) in [5.74, 6) is 0.325. The second-order valence-electron chi connectivity index (χ2n) is 5.63. The summed E-state index contributed by atoms with van der Waals surface area (Å²) in [5, 5.41) is 0. The lowest BCUT2D eigenvalue weighted by molar-refractivity contribution is 0.0613. The van der Waals surface area contributed by atoms with Crippen molar-refractivity contribution < 1.29 is 17.7 Å². The number of nitrogens with zero attached hydrogens (tertiary/aromatic N) is 2. The number of ether oxygens (including phenoxy) is 1. The number of aryl methyl sites for hydroxylation is 1. The minimum absolute atomic E-state index is 0.186. The molecule has 0 spiro atoms. The molecule has 8 heteroatoms. The minimum Gasteiger partial charge on any atom is -0.381 e. The van der Waals surface area contributed by atoms with Crippen molar-refractivity contribution >= 4 is 21.2 Å². The second kappa shape index (κ2) is 5.53. The van der Waals surface area contributed by atoms with Gasteiger partial charge in [-0.2, -0.15) is 8.42 Å². The van der Waals surface area contributed by atoms with Gasteiger partial charge in [-0.15, -0.1) is 0 Å². The molecule has 120 valence electrons. The summed E-state index contributed by atoms with van der Waals surface area (Å²) in [4.78, 5) is 12.2. The molecule has 1 aromatic heterocycles. The Kier molecular flexibility index (Phi) is 3.84. The van der Waals surface area contributed by atoms with Crippen LogP contribution in [0.15, 0.2) is 27.9 Å². The number of aromatic nitrogens is 2. The first-order chi connectivity index (χ1) is 10.4. The molecular formula is C14H18N2O5S. The zero-order valence-electron chi connectivity index (χ0n) is 12.2. The molecule has 1 saturated heterocycles. The average molecular weight is 326 g/mol. The van der Waals surface area contributed by atoms with E-state index in [-0.39, 0.29) is 10.6 Å². The maximum atomic E-state index is 12.4. The van der Waals surface area contributed by atoms with Gasteiger partial charge in [0.05, 0.1) is 15.9 Å². The van der Waals surface area contributed by atoms with Crippen molar-refractivity contribution in [1.82, 2.24) is 9.13 Å². The van der Waals surface area contributed by atoms with Gasteiger partial charge in [0.2, 0.25) is 0 Å². The Hall–Kier alpha value is -1.64. The van der Waals surface area contributed by atoms with Crippen LogP contribution in [-0.2, 0) is 28.4 Å². The topological polar surface area (TPSA) is 90.5 Å². The highest BCUT2D eigenvalue weighted by Crippen LogP contribution is 2.22. The number of rotatable bonds is 3. The molecule has 0 atom stereocenters. The largest absolute Gasteiger partial charge is 0.381 e. The molecule has 7 nitrogen and oxygen atoms in total. The van der Waals surface area contributed by atoms with Crippen LogP contribution in [0.2, 0.25) is 0 Å². The van der Waals surface area contributed by atoms with E-state index in [1.165, 1.54) is 16.7 Å². The fourth-order valence-corrected chi connectivity index (χ4v) is 3.41. The van der Waals surface area contributed by atoms with E-state index in [1.807, 2.05) is 0 Å². The lowest BCUT2D eigenvalue weighted by Gasteiger charge is -2.22. The SMILES string of the molecule is Cn1c(=O)n(CC2CCOCC2)c2cc(S(=O)(=O)O)ccc21. The molecular weight excluding hydrogens is 308 g/mol. The van der Waals surface area contributed by atoms with Crippen molar-refractivity contribution in [1.29, 1.82) is 0 Å². The highest BCUT2D eigenvalue weighted by Gasteiger charge is 2.20. The smallest absolute Gasteiger partial charge is 0.328 e. The van der Waals surface area contributed by atoms with E-state index >= 15 is 0 Å². The number of benzene rings is 1. The molecule has 1 aliphatic heterocycles. The number of fused-ring (bicyclic) bond motifs is 1. The molecule has 1 N–H and O–H groups in total. The predicted molar refractivity (Wildman–Crippen MR) is 80.5 cm³/mol. The normalized spacial score (nSPS) is 17.2. The average Bonchev–Trinajstić information content (AvgIpc) is 2.72. The van der Waals surface area contributed by atoms with Gasteiger partial charge in [0.1, 0.15) is 0 Å². The van der Waals surface area contributed by atoms with Crippen LogP contribution in [0.4, 0.5) is 0 Å². The fourth-order valence-electron chi connectivity index (χ4n) is 2.91. The molecule has 0 bridgehead atoms. The van der Waals surface area contributed by atoms with Crippen LogP contribution < -0.4 is 5.69 Å². The molecule has 2 heterocycles. The van der Waals surface area contributed by atoms with Gasteiger partial charge in [0.25, 0.3) is 10.1 Å². The van der Waals surface area contributed by atoms with E-state index in [0.29, 0.717) is 36.7 Å². The van der Waals surface area contributed by atoms with Crippen LogP contribution in [0, 0.1) is 5.92 Å². The third kappa shape index (κ3) is 2.69. The van der Waals surface area contributed by atoms with Crippen molar-refractivity contribution in [2.45, 2.75) is 24.3 Å². The van der Waals surface area contributed by atoms with Gasteiger partial charge < -0.3 is 4.74 Å². The molecule has 1 aliphatic rings. The summed E-state index contributed by atoms with van der Waals surface area (Å²) in [6.45, 7) is 1.88. The summed E-state index contributed by atoms with van der Waals surface area (Å²) in [6, 6.07) is 4.20. The predicted octanol–water partition coefficient (Wildman–Crippen LogP) is 1.01. The Morgan fingerprint density at radius 1 is 1.27 bits per heavy atom. The Morgan fingerprint density at radius 3 is 2.59 bits per heavy atom. The monoisotopic (exact) mass is 326 g/mol. The lowest BCUT2D eigenvalue weighted by atomic mass is 10.0. The van der Waals surface area contributed by atoms with E-state index in [1.54, 1.807) is 17.7 Å². The highest BCUT2D eigenvalue weighted by atomic mass is 32.2. The zero-order chi connectivity index (χ0) is 15.9. The van der Waals surface area contributed by atoms with Crippen LogP contribution in [0.25, 0.3) is 11.0 Å². The maximum Gasteiger partial charge on any atom is 0.328 e. The summed E-state index contributed by atoms with van der Waals surface area (Å²) in [5.41, 5.74) is 0.979. The Morgan fingerprint density at radius 2 is 1.95 bits per heavy atom. The standard InChI is InChI=1S/C14H18N2O5S/c1-15-12-3-2-11(22(18,19)20)8-13(12)16(14(15)17)9-10-4-6-21-7-5-10/h2-3,8,10H,4-7,9H2,1H3,(H,18,19,20). The third-order valence-electron chi connectivity index (χ3n) is 4.20. The van der Waals surface area contributed by atoms with Crippen LogP contribution in [0.1, 0.15) is 12.8 Å². The molecule has 2 aromatic rings. The van der Waals surface area contributed by atoms with Crippen LogP contribution in [0.5, 0.6) is 0 Å². The molecule has 3 rings (SSSR count). The van der Waals surface area contributed by atoms with Crippen LogP contribution in [-0.4, -0.2) is 35.3 Å². The second-order valence-corrected chi connectivity index (χ2v) is 7.06. The Balaban J connectivity index is 2.11.